The first-order chi connectivity index (χ1) is 12.7. The fourth-order valence-corrected chi connectivity index (χ4v) is 3.34. The lowest BCUT2D eigenvalue weighted by Gasteiger charge is -2.13. The van der Waals surface area contributed by atoms with Crippen molar-refractivity contribution in [2.75, 3.05) is 12.4 Å². The number of sulfonamides is 1. The molecule has 0 saturated carbocycles. The van der Waals surface area contributed by atoms with Crippen LogP contribution in [0.4, 0.5) is 5.69 Å². The Morgan fingerprint density at radius 3 is 2.56 bits per heavy atom. The summed E-state index contributed by atoms with van der Waals surface area (Å²) in [6, 6.07) is 9.41. The number of rotatable bonds is 4. The number of ether oxygens (including phenoxy) is 1. The van der Waals surface area contributed by atoms with Crippen molar-refractivity contribution in [3.05, 3.63) is 59.3 Å². The molecule has 7 nitrogen and oxygen atoms in total. The topological polar surface area (TPSA) is 111 Å². The van der Waals surface area contributed by atoms with Crippen molar-refractivity contribution in [2.24, 2.45) is 5.14 Å². The van der Waals surface area contributed by atoms with Gasteiger partial charge in [0.05, 0.1) is 28.8 Å². The Morgan fingerprint density at radius 1 is 1.15 bits per heavy atom. The van der Waals surface area contributed by atoms with Crippen molar-refractivity contribution in [2.45, 2.75) is 18.7 Å². The maximum atomic E-state index is 12.8. The second kappa shape index (κ2) is 6.98. The number of aryl methyl sites for hydroxylation is 2. The summed E-state index contributed by atoms with van der Waals surface area (Å²) in [5.41, 5.74) is 3.55. The molecule has 8 heteroatoms. The number of primary sulfonamides is 1. The van der Waals surface area contributed by atoms with Gasteiger partial charge in [-0.15, -0.1) is 0 Å². The average molecular weight is 385 g/mol. The number of nitrogens with zero attached hydrogens (tertiary/aromatic N) is 1. The van der Waals surface area contributed by atoms with Crippen LogP contribution in [0.15, 0.2) is 47.5 Å². The maximum Gasteiger partial charge on any atom is 0.259 e. The second-order valence-corrected chi connectivity index (χ2v) is 7.68. The van der Waals surface area contributed by atoms with Crippen LogP contribution in [0.5, 0.6) is 5.75 Å². The Kier molecular flexibility index (Phi) is 4.86. The van der Waals surface area contributed by atoms with E-state index in [9.17, 15) is 13.2 Å². The van der Waals surface area contributed by atoms with Crippen LogP contribution in [0, 0.1) is 13.8 Å². The van der Waals surface area contributed by atoms with Gasteiger partial charge in [0.25, 0.3) is 5.91 Å². The van der Waals surface area contributed by atoms with Gasteiger partial charge in [0.15, 0.2) is 0 Å². The Morgan fingerprint density at radius 2 is 1.89 bits per heavy atom. The number of carbonyl (C=O) groups is 1. The van der Waals surface area contributed by atoms with Gasteiger partial charge in [-0.1, -0.05) is 12.1 Å². The predicted molar refractivity (Wildman–Crippen MR) is 104 cm³/mol. The third kappa shape index (κ3) is 3.62. The third-order valence-corrected chi connectivity index (χ3v) is 5.34. The fraction of sp³-hybridized carbons (Fsp3) is 0.158. The van der Waals surface area contributed by atoms with Crippen molar-refractivity contribution in [1.82, 2.24) is 4.98 Å². The zero-order valence-electron chi connectivity index (χ0n) is 15.1. The van der Waals surface area contributed by atoms with Crippen LogP contribution in [0.25, 0.3) is 10.9 Å². The molecule has 0 unspecified atom stereocenters. The van der Waals surface area contributed by atoms with Crippen molar-refractivity contribution < 1.29 is 17.9 Å². The van der Waals surface area contributed by atoms with Crippen LogP contribution in [-0.2, 0) is 10.0 Å². The van der Waals surface area contributed by atoms with Gasteiger partial charge in [0.2, 0.25) is 10.0 Å². The summed E-state index contributed by atoms with van der Waals surface area (Å²) >= 11 is 0. The molecule has 0 aliphatic carbocycles. The van der Waals surface area contributed by atoms with Crippen molar-refractivity contribution in [1.29, 1.82) is 0 Å². The first-order valence-electron chi connectivity index (χ1n) is 8.09. The van der Waals surface area contributed by atoms with Crippen molar-refractivity contribution >= 4 is 32.5 Å². The molecule has 0 bridgehead atoms. The van der Waals surface area contributed by atoms with Crippen LogP contribution in [0.1, 0.15) is 21.5 Å². The first-order valence-corrected chi connectivity index (χ1v) is 9.64. The number of amides is 1. The molecule has 2 aromatic carbocycles. The van der Waals surface area contributed by atoms with Gasteiger partial charge in [0.1, 0.15) is 5.75 Å². The van der Waals surface area contributed by atoms with Gasteiger partial charge in [0, 0.05) is 11.6 Å². The number of hydrogen-bond donors (Lipinski definition) is 2. The Bertz CT molecular complexity index is 1160. The van der Waals surface area contributed by atoms with E-state index in [4.69, 9.17) is 9.88 Å². The standard InChI is InChI=1S/C19H19N3O4S/c1-11-4-6-14-16(8-9-21-18(14)12(11)2)22-19(23)15-10-13(27(20,24)25)5-7-17(15)26-3/h4-10H,1-3H3,(H2,20,24,25)(H,21,22,23). The minimum absolute atomic E-state index is 0.0674. The van der Waals surface area contributed by atoms with Gasteiger partial charge in [-0.2, -0.15) is 0 Å². The molecule has 1 heterocycles. The normalized spacial score (nSPS) is 11.4. The number of fused-ring (bicyclic) bond motifs is 1. The molecular weight excluding hydrogens is 366 g/mol. The number of nitrogens with one attached hydrogen (secondary N) is 1. The third-order valence-electron chi connectivity index (χ3n) is 4.43. The van der Waals surface area contributed by atoms with E-state index in [1.54, 1.807) is 12.3 Å². The van der Waals surface area contributed by atoms with Gasteiger partial charge >= 0.3 is 0 Å². The maximum absolute atomic E-state index is 12.8. The lowest BCUT2D eigenvalue weighted by molar-refractivity contribution is 0.102. The van der Waals surface area contributed by atoms with Crippen LogP contribution in [-0.4, -0.2) is 26.4 Å². The van der Waals surface area contributed by atoms with Gasteiger partial charge < -0.3 is 10.1 Å². The number of hydrogen-bond acceptors (Lipinski definition) is 5. The molecule has 140 valence electrons. The first kappa shape index (κ1) is 18.8. The van der Waals surface area contributed by atoms with E-state index < -0.39 is 15.9 Å². The molecule has 3 aromatic rings. The van der Waals surface area contributed by atoms with E-state index in [-0.39, 0.29) is 16.2 Å². The molecule has 3 rings (SSSR count). The van der Waals surface area contributed by atoms with Crippen LogP contribution in [0.2, 0.25) is 0 Å². The van der Waals surface area contributed by atoms with E-state index >= 15 is 0 Å². The highest BCUT2D eigenvalue weighted by Gasteiger charge is 2.18. The van der Waals surface area contributed by atoms with Crippen LogP contribution < -0.4 is 15.2 Å². The monoisotopic (exact) mass is 385 g/mol. The lowest BCUT2D eigenvalue weighted by atomic mass is 10.0. The lowest BCUT2D eigenvalue weighted by Crippen LogP contribution is -2.17. The second-order valence-electron chi connectivity index (χ2n) is 6.12. The number of aromatic nitrogens is 1. The van der Waals surface area contributed by atoms with E-state index in [0.717, 1.165) is 22.0 Å². The van der Waals surface area contributed by atoms with E-state index in [1.807, 2.05) is 26.0 Å². The molecule has 3 N–H and O–H groups in total. The van der Waals surface area contributed by atoms with E-state index in [1.165, 1.54) is 25.3 Å². The smallest absolute Gasteiger partial charge is 0.259 e. The minimum Gasteiger partial charge on any atom is -0.496 e. The number of methoxy groups -OCH3 is 1. The van der Waals surface area contributed by atoms with E-state index in [2.05, 4.69) is 10.3 Å². The number of nitrogens with two attached hydrogens (primary N) is 1. The fourth-order valence-electron chi connectivity index (χ4n) is 2.80. The summed E-state index contributed by atoms with van der Waals surface area (Å²) in [6.45, 7) is 3.96. The molecule has 0 saturated heterocycles. The highest BCUT2D eigenvalue weighted by molar-refractivity contribution is 7.89. The average Bonchev–Trinajstić information content (AvgIpc) is 2.63. The molecule has 0 spiro atoms. The summed E-state index contributed by atoms with van der Waals surface area (Å²) in [7, 11) is -2.55. The highest BCUT2D eigenvalue weighted by atomic mass is 32.2. The molecule has 0 fully saturated rings. The van der Waals surface area contributed by atoms with Crippen molar-refractivity contribution in [3.63, 3.8) is 0 Å². The highest BCUT2D eigenvalue weighted by Crippen LogP contribution is 2.28. The Hall–Kier alpha value is -2.97. The van der Waals surface area contributed by atoms with E-state index in [0.29, 0.717) is 5.69 Å². The number of benzene rings is 2. The van der Waals surface area contributed by atoms with Gasteiger partial charge in [-0.25, -0.2) is 13.6 Å². The number of anilines is 1. The molecular formula is C19H19N3O4S. The molecule has 0 atom stereocenters. The van der Waals surface area contributed by atoms with Crippen molar-refractivity contribution in [3.8, 4) is 5.75 Å². The molecule has 0 aliphatic rings. The largest absolute Gasteiger partial charge is 0.496 e. The Labute approximate surface area is 157 Å². The zero-order chi connectivity index (χ0) is 19.8. The SMILES string of the molecule is COc1ccc(S(N)(=O)=O)cc1C(=O)Nc1ccnc2c(C)c(C)ccc12. The van der Waals surface area contributed by atoms with Gasteiger partial charge in [-0.05, 0) is 49.2 Å². The Balaban J connectivity index is 2.06. The summed E-state index contributed by atoms with van der Waals surface area (Å²) < 4.78 is 28.4. The zero-order valence-corrected chi connectivity index (χ0v) is 15.9. The predicted octanol–water partition coefficient (Wildman–Crippen LogP) is 2.76. The molecule has 1 amide bonds. The molecule has 27 heavy (non-hydrogen) atoms. The van der Waals surface area contributed by atoms with Crippen LogP contribution in [0.3, 0.4) is 0 Å². The number of pyridine rings is 1. The molecule has 1 aromatic heterocycles. The van der Waals surface area contributed by atoms with Crippen LogP contribution >= 0.6 is 0 Å². The molecule has 0 aliphatic heterocycles. The minimum atomic E-state index is -3.95. The molecule has 0 radical (unpaired) electrons. The number of carbonyl (C=O) groups excluding carboxylic acids is 1. The summed E-state index contributed by atoms with van der Waals surface area (Å²) in [5, 5.41) is 8.76. The quantitative estimate of drug-likeness (QED) is 0.717. The summed E-state index contributed by atoms with van der Waals surface area (Å²) in [6.07, 6.45) is 1.61. The summed E-state index contributed by atoms with van der Waals surface area (Å²) in [4.78, 5) is 17.0. The van der Waals surface area contributed by atoms with Gasteiger partial charge in [-0.3, -0.25) is 9.78 Å². The summed E-state index contributed by atoms with van der Waals surface area (Å²) in [5.74, 6) is -0.270.